The van der Waals surface area contributed by atoms with Crippen molar-refractivity contribution in [3.8, 4) is 6.07 Å². The molecule has 86 valence electrons. The van der Waals surface area contributed by atoms with Gasteiger partial charge in [0.05, 0.1) is 16.3 Å². The van der Waals surface area contributed by atoms with E-state index in [0.717, 1.165) is 15.8 Å². The fourth-order valence-corrected chi connectivity index (χ4v) is 2.64. The normalized spacial score (nSPS) is 10.2. The Morgan fingerprint density at radius 3 is 3.12 bits per heavy atom. The van der Waals surface area contributed by atoms with Gasteiger partial charge < -0.3 is 5.32 Å². The van der Waals surface area contributed by atoms with Crippen molar-refractivity contribution in [3.63, 3.8) is 0 Å². The van der Waals surface area contributed by atoms with E-state index in [-0.39, 0.29) is 12.3 Å². The number of halogens is 1. The topological polar surface area (TPSA) is 65.8 Å². The lowest BCUT2D eigenvalue weighted by atomic mass is 10.2. The van der Waals surface area contributed by atoms with Crippen LogP contribution in [0.4, 0.5) is 5.13 Å². The molecule has 4 nitrogen and oxygen atoms in total. The van der Waals surface area contributed by atoms with Crippen LogP contribution in [0.15, 0.2) is 12.1 Å². The Morgan fingerprint density at radius 2 is 2.41 bits per heavy atom. The highest BCUT2D eigenvalue weighted by molar-refractivity contribution is 7.22. The van der Waals surface area contributed by atoms with Gasteiger partial charge in [0.15, 0.2) is 5.13 Å². The van der Waals surface area contributed by atoms with Gasteiger partial charge in [-0.25, -0.2) is 4.98 Å². The number of amides is 1. The van der Waals surface area contributed by atoms with Gasteiger partial charge in [0.25, 0.3) is 0 Å². The van der Waals surface area contributed by atoms with E-state index < -0.39 is 0 Å². The molecule has 1 aromatic heterocycles. The van der Waals surface area contributed by atoms with Crippen LogP contribution in [-0.4, -0.2) is 10.9 Å². The smallest absolute Gasteiger partial charge is 0.240 e. The third kappa shape index (κ3) is 2.54. The Bertz CT molecular complexity index is 629. The molecule has 1 heterocycles. The van der Waals surface area contributed by atoms with Gasteiger partial charge >= 0.3 is 0 Å². The van der Waals surface area contributed by atoms with Crippen LogP contribution in [0.5, 0.6) is 0 Å². The van der Waals surface area contributed by atoms with Gasteiger partial charge in [-0.05, 0) is 24.6 Å². The summed E-state index contributed by atoms with van der Waals surface area (Å²) in [4.78, 5) is 15.5. The molecule has 6 heteroatoms. The Hall–Kier alpha value is -1.64. The molecule has 2 rings (SSSR count). The second-order valence-corrected chi connectivity index (χ2v) is 4.91. The Kier molecular flexibility index (Phi) is 3.27. The summed E-state index contributed by atoms with van der Waals surface area (Å²) in [6, 6.07) is 5.39. The number of benzene rings is 1. The van der Waals surface area contributed by atoms with Crippen LogP contribution in [0.1, 0.15) is 12.0 Å². The minimum atomic E-state index is -0.352. The Labute approximate surface area is 107 Å². The number of nitrogens with zero attached hydrogens (tertiary/aromatic N) is 2. The predicted octanol–water partition coefficient (Wildman–Crippen LogP) is 3.11. The Morgan fingerprint density at radius 1 is 1.65 bits per heavy atom. The van der Waals surface area contributed by atoms with Gasteiger partial charge in [0.1, 0.15) is 6.42 Å². The minimum absolute atomic E-state index is 0.171. The second-order valence-electron chi connectivity index (χ2n) is 3.47. The first kappa shape index (κ1) is 11.8. The third-order valence-corrected chi connectivity index (χ3v) is 3.47. The number of thiazole rings is 1. The summed E-state index contributed by atoms with van der Waals surface area (Å²) >= 11 is 7.30. The number of fused-ring (bicyclic) bond motifs is 1. The highest BCUT2D eigenvalue weighted by Crippen LogP contribution is 2.31. The first-order chi connectivity index (χ1) is 8.10. The molecular formula is C11H8ClN3OS. The van der Waals surface area contributed by atoms with Crippen molar-refractivity contribution in [1.29, 1.82) is 5.26 Å². The van der Waals surface area contributed by atoms with E-state index in [1.165, 1.54) is 11.3 Å². The summed E-state index contributed by atoms with van der Waals surface area (Å²) in [6.07, 6.45) is -0.171. The molecular weight excluding hydrogens is 258 g/mol. The number of aromatic nitrogens is 1. The fraction of sp³-hybridized carbons (Fsp3) is 0.182. The molecule has 0 spiro atoms. The average Bonchev–Trinajstić information content (AvgIpc) is 2.60. The molecule has 0 bridgehead atoms. The highest BCUT2D eigenvalue weighted by atomic mass is 35.5. The van der Waals surface area contributed by atoms with Gasteiger partial charge in [-0.15, -0.1) is 0 Å². The van der Waals surface area contributed by atoms with Crippen LogP contribution in [-0.2, 0) is 4.79 Å². The molecule has 0 fully saturated rings. The number of nitrogens with one attached hydrogen (secondary N) is 1. The van der Waals surface area contributed by atoms with E-state index in [1.807, 2.05) is 13.0 Å². The van der Waals surface area contributed by atoms with E-state index >= 15 is 0 Å². The predicted molar refractivity (Wildman–Crippen MR) is 68.2 cm³/mol. The summed E-state index contributed by atoms with van der Waals surface area (Å²) in [5, 5.41) is 12.1. The summed E-state index contributed by atoms with van der Waals surface area (Å²) in [5.41, 5.74) is 1.78. The number of aryl methyl sites for hydroxylation is 1. The van der Waals surface area contributed by atoms with Crippen molar-refractivity contribution in [3.05, 3.63) is 22.7 Å². The summed E-state index contributed by atoms with van der Waals surface area (Å²) in [6.45, 7) is 1.94. The number of carbonyl (C=O) groups excluding carboxylic acids is 1. The largest absolute Gasteiger partial charge is 0.301 e. The van der Waals surface area contributed by atoms with Crippen LogP contribution in [0.25, 0.3) is 10.2 Å². The fourth-order valence-electron chi connectivity index (χ4n) is 1.45. The molecule has 2 aromatic rings. The zero-order chi connectivity index (χ0) is 12.4. The molecule has 0 aliphatic rings. The van der Waals surface area contributed by atoms with E-state index in [2.05, 4.69) is 10.3 Å². The maximum absolute atomic E-state index is 11.2. The van der Waals surface area contributed by atoms with Crippen molar-refractivity contribution >= 4 is 44.2 Å². The number of carbonyl (C=O) groups is 1. The molecule has 0 radical (unpaired) electrons. The summed E-state index contributed by atoms with van der Waals surface area (Å²) in [5.74, 6) is -0.352. The molecule has 0 saturated carbocycles. The number of nitriles is 1. The molecule has 0 unspecified atom stereocenters. The SMILES string of the molecule is Cc1cc(Cl)cc2nc(NC(=O)CC#N)sc12. The average molecular weight is 266 g/mol. The molecule has 1 N–H and O–H groups in total. The van der Waals surface area contributed by atoms with Crippen LogP contribution in [0.2, 0.25) is 5.02 Å². The lowest BCUT2D eigenvalue weighted by molar-refractivity contribution is -0.115. The molecule has 0 atom stereocenters. The highest BCUT2D eigenvalue weighted by Gasteiger charge is 2.09. The van der Waals surface area contributed by atoms with Crippen LogP contribution in [0.3, 0.4) is 0 Å². The molecule has 17 heavy (non-hydrogen) atoms. The van der Waals surface area contributed by atoms with E-state index in [9.17, 15) is 4.79 Å². The van der Waals surface area contributed by atoms with Crippen molar-refractivity contribution in [2.75, 3.05) is 5.32 Å². The van der Waals surface area contributed by atoms with E-state index in [0.29, 0.717) is 10.2 Å². The Balaban J connectivity index is 2.36. The maximum Gasteiger partial charge on any atom is 0.240 e. The maximum atomic E-state index is 11.2. The van der Waals surface area contributed by atoms with Crippen LogP contribution < -0.4 is 5.32 Å². The van der Waals surface area contributed by atoms with Crippen LogP contribution in [0, 0.1) is 18.3 Å². The lowest BCUT2D eigenvalue weighted by Crippen LogP contribution is -2.09. The summed E-state index contributed by atoms with van der Waals surface area (Å²) in [7, 11) is 0. The standard InChI is InChI=1S/C11H8ClN3OS/c1-6-4-7(12)5-8-10(6)17-11(14-8)15-9(16)2-3-13/h4-5H,2H2,1H3,(H,14,15,16). The van der Waals surface area contributed by atoms with Crippen LogP contribution >= 0.6 is 22.9 Å². The minimum Gasteiger partial charge on any atom is -0.301 e. The van der Waals surface area contributed by atoms with E-state index in [4.69, 9.17) is 16.9 Å². The van der Waals surface area contributed by atoms with Crippen molar-refractivity contribution in [1.82, 2.24) is 4.98 Å². The molecule has 0 aliphatic carbocycles. The van der Waals surface area contributed by atoms with Crippen molar-refractivity contribution < 1.29 is 4.79 Å². The first-order valence-electron chi connectivity index (χ1n) is 4.83. The zero-order valence-corrected chi connectivity index (χ0v) is 10.5. The third-order valence-electron chi connectivity index (χ3n) is 2.13. The zero-order valence-electron chi connectivity index (χ0n) is 8.95. The summed E-state index contributed by atoms with van der Waals surface area (Å²) < 4.78 is 0.988. The lowest BCUT2D eigenvalue weighted by Gasteiger charge is -1.94. The number of anilines is 1. The number of hydrogen-bond acceptors (Lipinski definition) is 4. The van der Waals surface area contributed by atoms with Gasteiger partial charge in [-0.3, -0.25) is 4.79 Å². The van der Waals surface area contributed by atoms with Gasteiger partial charge in [0, 0.05) is 5.02 Å². The first-order valence-corrected chi connectivity index (χ1v) is 6.03. The van der Waals surface area contributed by atoms with E-state index in [1.54, 1.807) is 12.1 Å². The quantitative estimate of drug-likeness (QED) is 0.907. The molecule has 1 amide bonds. The molecule has 0 aliphatic heterocycles. The van der Waals surface area contributed by atoms with Crippen molar-refractivity contribution in [2.45, 2.75) is 13.3 Å². The molecule has 0 saturated heterocycles. The second kappa shape index (κ2) is 4.70. The number of hydrogen-bond donors (Lipinski definition) is 1. The van der Waals surface area contributed by atoms with Gasteiger partial charge in [0.2, 0.25) is 5.91 Å². The number of rotatable bonds is 2. The van der Waals surface area contributed by atoms with Gasteiger partial charge in [-0.1, -0.05) is 22.9 Å². The monoisotopic (exact) mass is 265 g/mol. The molecule has 1 aromatic carbocycles. The van der Waals surface area contributed by atoms with Gasteiger partial charge in [-0.2, -0.15) is 5.26 Å². The van der Waals surface area contributed by atoms with Crippen molar-refractivity contribution in [2.24, 2.45) is 0 Å².